The first-order valence-electron chi connectivity index (χ1n) is 6.42. The van der Waals surface area contributed by atoms with E-state index in [2.05, 4.69) is 41.3 Å². The first kappa shape index (κ1) is 12.2. The Labute approximate surface area is 103 Å². The van der Waals surface area contributed by atoms with Gasteiger partial charge in [-0.05, 0) is 24.3 Å². The molecule has 1 fully saturated rings. The van der Waals surface area contributed by atoms with E-state index < -0.39 is 0 Å². The van der Waals surface area contributed by atoms with Crippen molar-refractivity contribution in [1.82, 2.24) is 4.90 Å². The minimum Gasteiger partial charge on any atom is -0.299 e. The average molecular weight is 232 g/mol. The molecule has 0 saturated carbocycles. The normalized spacial score (nSPS) is 25.7. The molecule has 3 nitrogen and oxygen atoms in total. The molecular formula is C14H20N2O. The average Bonchev–Trinajstić information content (AvgIpc) is 2.40. The third-order valence-corrected chi connectivity index (χ3v) is 3.69. The van der Waals surface area contributed by atoms with Crippen LogP contribution in [-0.4, -0.2) is 24.0 Å². The molecule has 2 atom stereocenters. The number of rotatable bonds is 4. The smallest absolute Gasteiger partial charge is 0.0972 e. The summed E-state index contributed by atoms with van der Waals surface area (Å²) in [4.78, 5) is 13.2. The molecule has 1 aromatic rings. The Bertz CT molecular complexity index is 352. The highest BCUT2D eigenvalue weighted by Gasteiger charge is 2.28. The van der Waals surface area contributed by atoms with Crippen LogP contribution in [-0.2, 0) is 6.54 Å². The summed E-state index contributed by atoms with van der Waals surface area (Å²) in [5.74, 6) is 0.435. The van der Waals surface area contributed by atoms with Crippen molar-refractivity contribution in [3.63, 3.8) is 0 Å². The van der Waals surface area contributed by atoms with Gasteiger partial charge in [0, 0.05) is 19.6 Å². The van der Waals surface area contributed by atoms with E-state index in [0.717, 1.165) is 32.5 Å². The maximum Gasteiger partial charge on any atom is 0.0972 e. The lowest BCUT2D eigenvalue weighted by Gasteiger charge is -2.35. The zero-order valence-corrected chi connectivity index (χ0v) is 10.4. The molecule has 0 spiro atoms. The molecule has 0 bridgehead atoms. The molecule has 92 valence electrons. The lowest BCUT2D eigenvalue weighted by Crippen LogP contribution is -2.41. The van der Waals surface area contributed by atoms with Crippen LogP contribution in [0.15, 0.2) is 35.5 Å². The van der Waals surface area contributed by atoms with Crippen LogP contribution in [0.4, 0.5) is 0 Å². The number of likely N-dealkylation sites (tertiary alicyclic amines) is 1. The maximum atomic E-state index is 10.7. The number of nitrogens with zero attached hydrogens (tertiary/aromatic N) is 2. The van der Waals surface area contributed by atoms with Gasteiger partial charge in [-0.2, -0.15) is 4.91 Å². The first-order chi connectivity index (χ1) is 8.33. The minimum absolute atomic E-state index is 0.0343. The van der Waals surface area contributed by atoms with Crippen LogP contribution in [0.25, 0.3) is 0 Å². The topological polar surface area (TPSA) is 32.7 Å². The van der Waals surface area contributed by atoms with Crippen LogP contribution >= 0.6 is 0 Å². The molecule has 0 aliphatic carbocycles. The fourth-order valence-corrected chi connectivity index (χ4v) is 2.62. The summed E-state index contributed by atoms with van der Waals surface area (Å²) in [5, 5.41) is 3.26. The van der Waals surface area contributed by atoms with Gasteiger partial charge in [-0.3, -0.25) is 4.90 Å². The molecule has 2 rings (SSSR count). The zero-order valence-electron chi connectivity index (χ0n) is 10.4. The number of nitroso groups, excluding NO2 is 1. The van der Waals surface area contributed by atoms with Crippen LogP contribution in [0.2, 0.25) is 0 Å². The summed E-state index contributed by atoms with van der Waals surface area (Å²) in [6, 6.07) is 10.5. The molecule has 2 unspecified atom stereocenters. The number of hydrogen-bond acceptors (Lipinski definition) is 3. The van der Waals surface area contributed by atoms with Crippen molar-refractivity contribution in [2.75, 3.05) is 13.1 Å². The molecular weight excluding hydrogens is 212 g/mol. The van der Waals surface area contributed by atoms with Crippen LogP contribution < -0.4 is 0 Å². The highest BCUT2D eigenvalue weighted by Crippen LogP contribution is 2.23. The Balaban J connectivity index is 1.93. The summed E-state index contributed by atoms with van der Waals surface area (Å²) in [6.07, 6.45) is 1.95. The second kappa shape index (κ2) is 5.92. The third kappa shape index (κ3) is 3.13. The van der Waals surface area contributed by atoms with E-state index in [-0.39, 0.29) is 6.04 Å². The highest BCUT2D eigenvalue weighted by atomic mass is 16.3. The summed E-state index contributed by atoms with van der Waals surface area (Å²) in [5.41, 5.74) is 1.35. The van der Waals surface area contributed by atoms with Gasteiger partial charge in [-0.15, -0.1) is 0 Å². The molecule has 0 amide bonds. The zero-order chi connectivity index (χ0) is 12.1. The minimum atomic E-state index is 0.0343. The third-order valence-electron chi connectivity index (χ3n) is 3.69. The van der Waals surface area contributed by atoms with E-state index in [9.17, 15) is 4.91 Å². The summed E-state index contributed by atoms with van der Waals surface area (Å²) < 4.78 is 0. The van der Waals surface area contributed by atoms with Crippen molar-refractivity contribution < 1.29 is 0 Å². The van der Waals surface area contributed by atoms with Crippen LogP contribution in [0.5, 0.6) is 0 Å². The molecule has 1 aliphatic rings. The second-order valence-electron chi connectivity index (χ2n) is 4.85. The van der Waals surface area contributed by atoms with E-state index in [1.165, 1.54) is 5.56 Å². The van der Waals surface area contributed by atoms with E-state index >= 15 is 0 Å². The van der Waals surface area contributed by atoms with Crippen molar-refractivity contribution in [2.45, 2.75) is 32.4 Å². The standard InChI is InChI=1S/C14H20N2O/c1-2-13-11-16(9-8-14(13)15-17)10-12-6-4-3-5-7-12/h3-7,13-14H,2,8-11H2,1H3. The van der Waals surface area contributed by atoms with Crippen molar-refractivity contribution in [3.05, 3.63) is 40.8 Å². The van der Waals surface area contributed by atoms with Gasteiger partial charge in [-0.1, -0.05) is 42.4 Å². The molecule has 1 heterocycles. The van der Waals surface area contributed by atoms with Gasteiger partial charge in [0.15, 0.2) is 0 Å². The molecule has 0 N–H and O–H groups in total. The van der Waals surface area contributed by atoms with Gasteiger partial charge in [0.05, 0.1) is 6.04 Å². The molecule has 1 aliphatic heterocycles. The Morgan fingerprint density at radius 3 is 2.76 bits per heavy atom. The fourth-order valence-electron chi connectivity index (χ4n) is 2.62. The van der Waals surface area contributed by atoms with E-state index in [0.29, 0.717) is 5.92 Å². The molecule has 17 heavy (non-hydrogen) atoms. The SMILES string of the molecule is CCC1CN(Cc2ccccc2)CCC1N=O. The van der Waals surface area contributed by atoms with Crippen molar-refractivity contribution >= 4 is 0 Å². The van der Waals surface area contributed by atoms with Gasteiger partial charge < -0.3 is 0 Å². The summed E-state index contributed by atoms with van der Waals surface area (Å²) in [7, 11) is 0. The predicted octanol–water partition coefficient (Wildman–Crippen LogP) is 3.05. The number of hydrogen-bond donors (Lipinski definition) is 0. The monoisotopic (exact) mass is 232 g/mol. The van der Waals surface area contributed by atoms with Crippen LogP contribution in [0.3, 0.4) is 0 Å². The van der Waals surface area contributed by atoms with Gasteiger partial charge in [0.25, 0.3) is 0 Å². The van der Waals surface area contributed by atoms with Gasteiger partial charge in [0.1, 0.15) is 0 Å². The number of benzene rings is 1. The van der Waals surface area contributed by atoms with Crippen molar-refractivity contribution in [2.24, 2.45) is 11.1 Å². The summed E-state index contributed by atoms with van der Waals surface area (Å²) >= 11 is 0. The predicted molar refractivity (Wildman–Crippen MR) is 69.7 cm³/mol. The van der Waals surface area contributed by atoms with Gasteiger partial charge in [0.2, 0.25) is 0 Å². The van der Waals surface area contributed by atoms with Crippen LogP contribution in [0.1, 0.15) is 25.3 Å². The Hall–Kier alpha value is -1.22. The van der Waals surface area contributed by atoms with Gasteiger partial charge in [-0.25, -0.2) is 0 Å². The van der Waals surface area contributed by atoms with Gasteiger partial charge >= 0.3 is 0 Å². The fraction of sp³-hybridized carbons (Fsp3) is 0.571. The molecule has 0 radical (unpaired) electrons. The van der Waals surface area contributed by atoms with E-state index in [4.69, 9.17) is 0 Å². The largest absolute Gasteiger partial charge is 0.299 e. The Morgan fingerprint density at radius 1 is 1.35 bits per heavy atom. The maximum absolute atomic E-state index is 10.7. The highest BCUT2D eigenvalue weighted by molar-refractivity contribution is 5.14. The molecule has 1 aromatic carbocycles. The van der Waals surface area contributed by atoms with E-state index in [1.54, 1.807) is 0 Å². The quantitative estimate of drug-likeness (QED) is 0.747. The summed E-state index contributed by atoms with van der Waals surface area (Å²) in [6.45, 7) is 5.13. The number of piperidine rings is 1. The Kier molecular flexibility index (Phi) is 4.26. The lowest BCUT2D eigenvalue weighted by atomic mass is 9.90. The molecule has 3 heteroatoms. The molecule has 1 saturated heterocycles. The van der Waals surface area contributed by atoms with Crippen molar-refractivity contribution in [1.29, 1.82) is 0 Å². The van der Waals surface area contributed by atoms with Crippen LogP contribution in [0, 0.1) is 10.8 Å². The van der Waals surface area contributed by atoms with E-state index in [1.807, 2.05) is 6.07 Å². The molecule has 0 aromatic heterocycles. The lowest BCUT2D eigenvalue weighted by molar-refractivity contribution is 0.145. The van der Waals surface area contributed by atoms with Crippen molar-refractivity contribution in [3.8, 4) is 0 Å². The first-order valence-corrected chi connectivity index (χ1v) is 6.42. The Morgan fingerprint density at radius 2 is 2.12 bits per heavy atom. The second-order valence-corrected chi connectivity index (χ2v) is 4.85.